The van der Waals surface area contributed by atoms with Crippen LogP contribution in [0.4, 0.5) is 0 Å². The monoisotopic (exact) mass is 267 g/mol. The summed E-state index contributed by atoms with van der Waals surface area (Å²) in [5.74, 6) is 0.848. The van der Waals surface area contributed by atoms with E-state index in [1.807, 2.05) is 36.4 Å². The number of rotatable bonds is 5. The molecule has 0 saturated heterocycles. The van der Waals surface area contributed by atoms with Crippen LogP contribution in [0.2, 0.25) is 0 Å². The zero-order chi connectivity index (χ0) is 13.8. The lowest BCUT2D eigenvalue weighted by atomic mass is 10.1. The van der Waals surface area contributed by atoms with Crippen molar-refractivity contribution in [3.63, 3.8) is 0 Å². The third-order valence-corrected chi connectivity index (χ3v) is 3.29. The van der Waals surface area contributed by atoms with Gasteiger partial charge in [-0.3, -0.25) is 0 Å². The third kappa shape index (κ3) is 2.68. The maximum absolute atomic E-state index is 5.83. The van der Waals surface area contributed by atoms with Crippen LogP contribution in [0.15, 0.2) is 59.2 Å². The van der Waals surface area contributed by atoms with Gasteiger partial charge in [0, 0.05) is 5.39 Å². The Hall–Kier alpha value is -2.26. The van der Waals surface area contributed by atoms with Crippen LogP contribution in [0.3, 0.4) is 0 Å². The molecule has 0 radical (unpaired) electrons. The van der Waals surface area contributed by atoms with Gasteiger partial charge in [-0.25, -0.2) is 0 Å². The van der Waals surface area contributed by atoms with Crippen LogP contribution < -0.4 is 10.5 Å². The summed E-state index contributed by atoms with van der Waals surface area (Å²) in [6, 6.07) is 16.0. The van der Waals surface area contributed by atoms with Crippen molar-refractivity contribution in [2.24, 2.45) is 5.73 Å². The first-order valence-corrected chi connectivity index (χ1v) is 6.74. The van der Waals surface area contributed by atoms with Gasteiger partial charge in [0.2, 0.25) is 0 Å². The molecule has 3 nitrogen and oxygen atoms in total. The maximum atomic E-state index is 5.83. The van der Waals surface area contributed by atoms with Crippen LogP contribution in [0.25, 0.3) is 11.0 Å². The van der Waals surface area contributed by atoms with E-state index in [4.69, 9.17) is 14.9 Å². The number of hydrogen-bond donors (Lipinski definition) is 1. The molecule has 0 aliphatic carbocycles. The fourth-order valence-corrected chi connectivity index (χ4v) is 2.24. The van der Waals surface area contributed by atoms with Gasteiger partial charge < -0.3 is 14.9 Å². The first-order chi connectivity index (χ1) is 9.86. The third-order valence-electron chi connectivity index (χ3n) is 3.29. The predicted molar refractivity (Wildman–Crippen MR) is 79.7 cm³/mol. The maximum Gasteiger partial charge on any atom is 0.134 e. The molecular formula is C17H17NO2. The average Bonchev–Trinajstić information content (AvgIpc) is 2.89. The zero-order valence-corrected chi connectivity index (χ0v) is 11.2. The highest BCUT2D eigenvalue weighted by molar-refractivity contribution is 5.82. The second-order valence-corrected chi connectivity index (χ2v) is 4.73. The van der Waals surface area contributed by atoms with Crippen LogP contribution in [-0.2, 0) is 13.0 Å². The van der Waals surface area contributed by atoms with Crippen molar-refractivity contribution in [2.75, 3.05) is 6.54 Å². The summed E-state index contributed by atoms with van der Waals surface area (Å²) >= 11 is 0. The number of benzene rings is 2. The largest absolute Gasteiger partial charge is 0.489 e. The van der Waals surface area contributed by atoms with Gasteiger partial charge in [-0.2, -0.15) is 0 Å². The van der Waals surface area contributed by atoms with Crippen LogP contribution in [0.5, 0.6) is 5.75 Å². The molecule has 0 saturated carbocycles. The average molecular weight is 267 g/mol. The van der Waals surface area contributed by atoms with E-state index in [2.05, 4.69) is 12.1 Å². The highest BCUT2D eigenvalue weighted by atomic mass is 16.5. The molecular weight excluding hydrogens is 250 g/mol. The SMILES string of the molecule is NCCc1coc2ccc(OCc3ccccc3)cc12. The smallest absolute Gasteiger partial charge is 0.134 e. The first-order valence-electron chi connectivity index (χ1n) is 6.74. The highest BCUT2D eigenvalue weighted by Crippen LogP contribution is 2.26. The molecule has 3 heteroatoms. The predicted octanol–water partition coefficient (Wildman–Crippen LogP) is 3.51. The molecule has 0 aliphatic heterocycles. The van der Waals surface area contributed by atoms with Crippen LogP contribution in [-0.4, -0.2) is 6.54 Å². The Balaban J connectivity index is 1.79. The molecule has 102 valence electrons. The van der Waals surface area contributed by atoms with Crippen molar-refractivity contribution >= 4 is 11.0 Å². The van der Waals surface area contributed by atoms with Gasteiger partial charge in [0.15, 0.2) is 0 Å². The van der Waals surface area contributed by atoms with Crippen molar-refractivity contribution in [2.45, 2.75) is 13.0 Å². The molecule has 2 N–H and O–H groups in total. The molecule has 1 aromatic heterocycles. The molecule has 2 aromatic carbocycles. The molecule has 0 atom stereocenters. The minimum atomic E-state index is 0.566. The number of hydrogen-bond acceptors (Lipinski definition) is 3. The molecule has 0 bridgehead atoms. The van der Waals surface area contributed by atoms with E-state index < -0.39 is 0 Å². The van der Waals surface area contributed by atoms with Gasteiger partial charge in [0.1, 0.15) is 17.9 Å². The molecule has 0 amide bonds. The Kier molecular flexibility index (Phi) is 3.70. The van der Waals surface area contributed by atoms with Gasteiger partial charge in [-0.15, -0.1) is 0 Å². The van der Waals surface area contributed by atoms with Gasteiger partial charge in [0.25, 0.3) is 0 Å². The topological polar surface area (TPSA) is 48.4 Å². The van der Waals surface area contributed by atoms with Gasteiger partial charge >= 0.3 is 0 Å². The lowest BCUT2D eigenvalue weighted by Crippen LogP contribution is -2.01. The van der Waals surface area contributed by atoms with Crippen molar-refractivity contribution in [3.05, 3.63) is 65.9 Å². The molecule has 20 heavy (non-hydrogen) atoms. The normalized spacial score (nSPS) is 10.8. The summed E-state index contributed by atoms with van der Waals surface area (Å²) in [4.78, 5) is 0. The lowest BCUT2D eigenvalue weighted by Gasteiger charge is -2.06. The minimum absolute atomic E-state index is 0.566. The summed E-state index contributed by atoms with van der Waals surface area (Å²) in [5.41, 5.74) is 8.77. The Labute approximate surface area is 118 Å². The summed E-state index contributed by atoms with van der Waals surface area (Å²) in [7, 11) is 0. The molecule has 3 rings (SSSR count). The summed E-state index contributed by atoms with van der Waals surface area (Å²) in [5, 5.41) is 1.08. The van der Waals surface area contributed by atoms with Crippen LogP contribution in [0, 0.1) is 0 Å². The fraction of sp³-hybridized carbons (Fsp3) is 0.176. The van der Waals surface area contributed by atoms with E-state index in [1.165, 1.54) is 0 Å². The quantitative estimate of drug-likeness (QED) is 0.769. The zero-order valence-electron chi connectivity index (χ0n) is 11.2. The molecule has 0 aliphatic rings. The van der Waals surface area contributed by atoms with Gasteiger partial charge in [-0.05, 0) is 42.3 Å². The van der Waals surface area contributed by atoms with Gasteiger partial charge in [-0.1, -0.05) is 30.3 Å². The van der Waals surface area contributed by atoms with E-state index in [0.29, 0.717) is 13.2 Å². The molecule has 0 fully saturated rings. The lowest BCUT2D eigenvalue weighted by molar-refractivity contribution is 0.306. The molecule has 0 unspecified atom stereocenters. The van der Waals surface area contributed by atoms with Gasteiger partial charge in [0.05, 0.1) is 6.26 Å². The Morgan fingerprint density at radius 1 is 1.05 bits per heavy atom. The number of furan rings is 1. The molecule has 1 heterocycles. The highest BCUT2D eigenvalue weighted by Gasteiger charge is 2.06. The standard InChI is InChI=1S/C17H17NO2/c18-9-8-14-12-20-17-7-6-15(10-16(14)17)19-11-13-4-2-1-3-5-13/h1-7,10,12H,8-9,11,18H2. The number of nitrogens with two attached hydrogens (primary N) is 1. The van der Waals surface area contributed by atoms with E-state index in [9.17, 15) is 0 Å². The Morgan fingerprint density at radius 3 is 2.70 bits per heavy atom. The van der Waals surface area contributed by atoms with Crippen molar-refractivity contribution < 1.29 is 9.15 Å². The van der Waals surface area contributed by atoms with Crippen LogP contribution >= 0.6 is 0 Å². The Bertz CT molecular complexity index is 689. The summed E-state index contributed by atoms with van der Waals surface area (Å²) in [6.45, 7) is 1.18. The van der Waals surface area contributed by atoms with E-state index >= 15 is 0 Å². The fourth-order valence-electron chi connectivity index (χ4n) is 2.24. The van der Waals surface area contributed by atoms with E-state index in [0.717, 1.165) is 34.3 Å². The molecule has 3 aromatic rings. The first kappa shape index (κ1) is 12.8. The Morgan fingerprint density at radius 2 is 1.90 bits per heavy atom. The molecule has 0 spiro atoms. The van der Waals surface area contributed by atoms with E-state index in [1.54, 1.807) is 6.26 Å². The van der Waals surface area contributed by atoms with Crippen LogP contribution in [0.1, 0.15) is 11.1 Å². The van der Waals surface area contributed by atoms with E-state index in [-0.39, 0.29) is 0 Å². The second kappa shape index (κ2) is 5.80. The minimum Gasteiger partial charge on any atom is -0.489 e. The summed E-state index contributed by atoms with van der Waals surface area (Å²) in [6.07, 6.45) is 2.59. The number of fused-ring (bicyclic) bond motifs is 1. The number of ether oxygens (including phenoxy) is 1. The summed E-state index contributed by atoms with van der Waals surface area (Å²) < 4.78 is 11.3. The van der Waals surface area contributed by atoms with Crippen molar-refractivity contribution in [1.82, 2.24) is 0 Å². The van der Waals surface area contributed by atoms with Crippen molar-refractivity contribution in [3.8, 4) is 5.75 Å². The van der Waals surface area contributed by atoms with Crippen molar-refractivity contribution in [1.29, 1.82) is 0 Å². The second-order valence-electron chi connectivity index (χ2n) is 4.73.